The number of benzene rings is 2. The molecule has 2 aromatic heterocycles. The summed E-state index contributed by atoms with van der Waals surface area (Å²) in [6.07, 6.45) is 1.47. The summed E-state index contributed by atoms with van der Waals surface area (Å²) in [5, 5.41) is 9.20. The molecule has 1 aliphatic rings. The highest BCUT2D eigenvalue weighted by Crippen LogP contribution is 2.32. The number of ether oxygens (including phenoxy) is 2. The first kappa shape index (κ1) is 26.9. The Morgan fingerprint density at radius 1 is 0.950 bits per heavy atom. The van der Waals surface area contributed by atoms with Gasteiger partial charge in [-0.05, 0) is 42.8 Å². The molecule has 0 atom stereocenters. The van der Waals surface area contributed by atoms with E-state index in [4.69, 9.17) is 14.5 Å². The molecule has 0 spiro atoms. The number of aromatic nitrogens is 3. The summed E-state index contributed by atoms with van der Waals surface area (Å²) in [6.45, 7) is 2.26. The van der Waals surface area contributed by atoms with Crippen LogP contribution in [-0.2, 0) is 17.8 Å². The first-order valence-corrected chi connectivity index (χ1v) is 12.9. The highest BCUT2D eigenvalue weighted by atomic mass is 19.2. The van der Waals surface area contributed by atoms with Crippen molar-refractivity contribution in [1.29, 1.82) is 0 Å². The number of hydrogen-bond acceptors (Lipinski definition) is 7. The molecule has 9 nitrogen and oxygen atoms in total. The van der Waals surface area contributed by atoms with Gasteiger partial charge in [0, 0.05) is 54.1 Å². The second-order valence-electron chi connectivity index (χ2n) is 9.18. The number of nitrogens with zero attached hydrogens (tertiary/aromatic N) is 4. The van der Waals surface area contributed by atoms with Crippen molar-refractivity contribution in [1.82, 2.24) is 20.2 Å². The van der Waals surface area contributed by atoms with Crippen LogP contribution in [0.2, 0.25) is 0 Å². The number of halogens is 2. The van der Waals surface area contributed by atoms with E-state index in [1.54, 1.807) is 13.2 Å². The Kier molecular flexibility index (Phi) is 7.81. The molecule has 2 aromatic carbocycles. The number of rotatable bonds is 9. The van der Waals surface area contributed by atoms with E-state index in [0.717, 1.165) is 23.1 Å². The molecule has 0 fully saturated rings. The molecular formula is C29H27F2N5O4. The fourth-order valence-electron chi connectivity index (χ4n) is 4.50. The van der Waals surface area contributed by atoms with Gasteiger partial charge in [0.15, 0.2) is 11.6 Å². The second kappa shape index (κ2) is 11.6. The number of pyridine rings is 1. The van der Waals surface area contributed by atoms with E-state index < -0.39 is 11.6 Å². The van der Waals surface area contributed by atoms with Crippen LogP contribution in [0.15, 0.2) is 58.4 Å². The Morgan fingerprint density at radius 2 is 1.75 bits per heavy atom. The number of carbonyl (C=O) groups is 1. The maximum absolute atomic E-state index is 14.7. The molecule has 4 aromatic rings. The van der Waals surface area contributed by atoms with Gasteiger partial charge in [0.05, 0.1) is 25.1 Å². The van der Waals surface area contributed by atoms with Gasteiger partial charge in [-0.2, -0.15) is 14.6 Å². The third-order valence-electron chi connectivity index (χ3n) is 6.64. The number of aryl methyl sites for hydroxylation is 2. The standard InChI is InChI=1S/C29H27F2N5O4/c1-3-17-5-6-19-18(7-12-24(39-2)29(19)32-17)22-10-14-26(38)36(35-22)15-4-16-40-23-11-8-20(27(30)28(23)31)21-9-13-25(37)34-33-21/h5-8,10-12,14H,3-4,9,13,15-16H2,1-2H3,(H,34,37). The van der Waals surface area contributed by atoms with Crippen molar-refractivity contribution in [3.63, 3.8) is 0 Å². The van der Waals surface area contributed by atoms with Gasteiger partial charge in [-0.25, -0.2) is 19.5 Å². The van der Waals surface area contributed by atoms with Gasteiger partial charge in [-0.3, -0.25) is 9.59 Å². The molecule has 0 saturated heterocycles. The predicted octanol–water partition coefficient (Wildman–Crippen LogP) is 4.39. The van der Waals surface area contributed by atoms with E-state index in [-0.39, 0.29) is 54.5 Å². The minimum atomic E-state index is -1.14. The molecule has 11 heteroatoms. The van der Waals surface area contributed by atoms with E-state index in [2.05, 4.69) is 15.6 Å². The Hall–Kier alpha value is -4.67. The number of amides is 1. The van der Waals surface area contributed by atoms with Gasteiger partial charge in [0.25, 0.3) is 5.56 Å². The fraction of sp³-hybridized carbons (Fsp3) is 0.276. The summed E-state index contributed by atoms with van der Waals surface area (Å²) in [6, 6.07) is 13.4. The first-order valence-electron chi connectivity index (χ1n) is 12.9. The summed E-state index contributed by atoms with van der Waals surface area (Å²) in [7, 11) is 1.59. The minimum Gasteiger partial charge on any atom is -0.494 e. The molecular weight excluding hydrogens is 520 g/mol. The van der Waals surface area contributed by atoms with Crippen LogP contribution in [0.5, 0.6) is 11.5 Å². The molecule has 206 valence electrons. The Labute approximate surface area is 228 Å². The molecule has 3 heterocycles. The van der Waals surface area contributed by atoms with Gasteiger partial charge in [-0.15, -0.1) is 0 Å². The fourth-order valence-corrected chi connectivity index (χ4v) is 4.50. The molecule has 1 aliphatic heterocycles. The smallest absolute Gasteiger partial charge is 0.266 e. The average Bonchev–Trinajstić information content (AvgIpc) is 2.98. The molecule has 0 bridgehead atoms. The molecule has 1 amide bonds. The lowest BCUT2D eigenvalue weighted by atomic mass is 10.0. The van der Waals surface area contributed by atoms with Crippen molar-refractivity contribution in [3.05, 3.63) is 81.8 Å². The number of fused-ring (bicyclic) bond motifs is 1. The highest BCUT2D eigenvalue weighted by Gasteiger charge is 2.21. The zero-order chi connectivity index (χ0) is 28.2. The SMILES string of the molecule is CCc1ccc2c(-c3ccc(=O)n(CCCOc4ccc(C5=NNC(=O)CC5)c(F)c4F)n3)ccc(OC)c2n1. The van der Waals surface area contributed by atoms with Crippen molar-refractivity contribution < 1.29 is 23.0 Å². The van der Waals surface area contributed by atoms with E-state index in [1.165, 1.54) is 22.9 Å². The zero-order valence-corrected chi connectivity index (χ0v) is 22.0. The van der Waals surface area contributed by atoms with Gasteiger partial charge < -0.3 is 9.47 Å². The molecule has 5 rings (SSSR count). The molecule has 0 aliphatic carbocycles. The van der Waals surface area contributed by atoms with Gasteiger partial charge in [-0.1, -0.05) is 13.0 Å². The van der Waals surface area contributed by atoms with Crippen LogP contribution in [0.25, 0.3) is 22.2 Å². The molecule has 40 heavy (non-hydrogen) atoms. The lowest BCUT2D eigenvalue weighted by Crippen LogP contribution is -2.26. The highest BCUT2D eigenvalue weighted by molar-refractivity contribution is 6.04. The number of nitrogens with one attached hydrogen (secondary N) is 1. The average molecular weight is 548 g/mol. The van der Waals surface area contributed by atoms with E-state index in [0.29, 0.717) is 23.4 Å². The van der Waals surface area contributed by atoms with Crippen molar-refractivity contribution in [3.8, 4) is 22.8 Å². The predicted molar refractivity (Wildman–Crippen MR) is 146 cm³/mol. The monoisotopic (exact) mass is 547 g/mol. The molecule has 0 radical (unpaired) electrons. The third-order valence-corrected chi connectivity index (χ3v) is 6.64. The topological polar surface area (TPSA) is 108 Å². The quantitative estimate of drug-likeness (QED) is 0.312. The van der Waals surface area contributed by atoms with Gasteiger partial charge in [0.2, 0.25) is 11.7 Å². The van der Waals surface area contributed by atoms with E-state index in [9.17, 15) is 18.4 Å². The van der Waals surface area contributed by atoms with Crippen LogP contribution in [0.4, 0.5) is 8.78 Å². The summed E-state index contributed by atoms with van der Waals surface area (Å²) < 4.78 is 41.6. The Morgan fingerprint density at radius 3 is 2.50 bits per heavy atom. The minimum absolute atomic E-state index is 0.0235. The lowest BCUT2D eigenvalue weighted by Gasteiger charge is -2.15. The summed E-state index contributed by atoms with van der Waals surface area (Å²) in [5.74, 6) is -2.11. The van der Waals surface area contributed by atoms with Crippen molar-refractivity contribution >= 4 is 22.5 Å². The van der Waals surface area contributed by atoms with Crippen LogP contribution in [0.1, 0.15) is 37.4 Å². The van der Waals surface area contributed by atoms with E-state index in [1.807, 2.05) is 31.2 Å². The molecule has 1 N–H and O–H groups in total. The Balaban J connectivity index is 1.30. The Bertz CT molecular complexity index is 1690. The van der Waals surface area contributed by atoms with Crippen molar-refractivity contribution in [2.75, 3.05) is 13.7 Å². The number of hydrazone groups is 1. The zero-order valence-electron chi connectivity index (χ0n) is 22.0. The maximum Gasteiger partial charge on any atom is 0.266 e. The maximum atomic E-state index is 14.7. The van der Waals surface area contributed by atoms with Crippen molar-refractivity contribution in [2.45, 2.75) is 39.2 Å². The largest absolute Gasteiger partial charge is 0.494 e. The normalized spacial score (nSPS) is 13.2. The third kappa shape index (κ3) is 5.40. The van der Waals surface area contributed by atoms with Crippen LogP contribution >= 0.6 is 0 Å². The number of hydrogen-bond donors (Lipinski definition) is 1. The van der Waals surface area contributed by atoms with Crippen LogP contribution in [0.3, 0.4) is 0 Å². The number of methoxy groups -OCH3 is 1. The van der Waals surface area contributed by atoms with Gasteiger partial charge >= 0.3 is 0 Å². The van der Waals surface area contributed by atoms with Crippen LogP contribution in [0, 0.1) is 11.6 Å². The summed E-state index contributed by atoms with van der Waals surface area (Å²) >= 11 is 0. The van der Waals surface area contributed by atoms with Crippen LogP contribution in [-0.4, -0.2) is 40.1 Å². The first-order chi connectivity index (χ1) is 19.4. The van der Waals surface area contributed by atoms with Crippen molar-refractivity contribution in [2.24, 2.45) is 5.10 Å². The molecule has 0 unspecified atom stereocenters. The lowest BCUT2D eigenvalue weighted by molar-refractivity contribution is -0.121. The summed E-state index contributed by atoms with van der Waals surface area (Å²) in [5.41, 5.74) is 5.25. The summed E-state index contributed by atoms with van der Waals surface area (Å²) in [4.78, 5) is 28.5. The van der Waals surface area contributed by atoms with E-state index >= 15 is 0 Å². The second-order valence-corrected chi connectivity index (χ2v) is 9.18. The number of carbonyl (C=O) groups excluding carboxylic acids is 1. The van der Waals surface area contributed by atoms with Crippen LogP contribution < -0.4 is 20.5 Å². The van der Waals surface area contributed by atoms with Gasteiger partial charge in [0.1, 0.15) is 11.3 Å². The molecule has 0 saturated carbocycles.